The van der Waals surface area contributed by atoms with Gasteiger partial charge in [0, 0.05) is 42.3 Å². The third-order valence-corrected chi connectivity index (χ3v) is 6.68. The average molecular weight is 512 g/mol. The number of benzene rings is 1. The van der Waals surface area contributed by atoms with Crippen LogP contribution in [0.15, 0.2) is 42.6 Å². The minimum absolute atomic E-state index is 0.0183. The van der Waals surface area contributed by atoms with E-state index < -0.39 is 12.2 Å². The van der Waals surface area contributed by atoms with Gasteiger partial charge in [0.2, 0.25) is 0 Å². The van der Waals surface area contributed by atoms with Gasteiger partial charge in [-0.05, 0) is 56.5 Å². The highest BCUT2D eigenvalue weighted by Gasteiger charge is 2.46. The fourth-order valence-electron chi connectivity index (χ4n) is 4.94. The molecular weight excluding hydrogens is 483 g/mol. The van der Waals surface area contributed by atoms with Crippen molar-refractivity contribution in [3.63, 3.8) is 0 Å². The molecule has 194 valence electrons. The second kappa shape index (κ2) is 9.38. The Kier molecular flexibility index (Phi) is 6.36. The van der Waals surface area contributed by atoms with E-state index in [0.29, 0.717) is 40.2 Å². The van der Waals surface area contributed by atoms with Crippen LogP contribution in [0.3, 0.4) is 0 Å². The fraction of sp³-hybridized carbons (Fsp3) is 0.385. The molecule has 4 heterocycles. The molecule has 8 nitrogen and oxygen atoms in total. The quantitative estimate of drug-likeness (QED) is 0.420. The molecule has 37 heavy (non-hydrogen) atoms. The van der Waals surface area contributed by atoms with E-state index in [2.05, 4.69) is 15.5 Å². The Morgan fingerprint density at radius 3 is 2.57 bits per heavy atom. The van der Waals surface area contributed by atoms with Crippen LogP contribution < -0.4 is 11.1 Å². The first-order chi connectivity index (χ1) is 17.5. The number of nitrogens with two attached hydrogens (primary N) is 1. The predicted molar refractivity (Wildman–Crippen MR) is 134 cm³/mol. The number of hydrogen-bond donors (Lipinski definition) is 2. The summed E-state index contributed by atoms with van der Waals surface area (Å²) in [5, 5.41) is 12.1. The molecule has 1 aliphatic heterocycles. The number of carbonyl (C=O) groups is 1. The Hall–Kier alpha value is -3.57. The van der Waals surface area contributed by atoms with Crippen LogP contribution in [0.25, 0.3) is 28.1 Å². The summed E-state index contributed by atoms with van der Waals surface area (Å²) in [5.74, 6) is 0.119. The number of alkyl halides is 3. The van der Waals surface area contributed by atoms with E-state index in [1.807, 2.05) is 32.9 Å². The summed E-state index contributed by atoms with van der Waals surface area (Å²) in [6.45, 7) is 6.04. The lowest BCUT2D eigenvalue weighted by Gasteiger charge is -2.30. The zero-order valence-electron chi connectivity index (χ0n) is 20.8. The van der Waals surface area contributed by atoms with Crippen LogP contribution in [-0.4, -0.2) is 61.7 Å². The number of hydrogen-bond acceptors (Lipinski definition) is 6. The highest BCUT2D eigenvalue weighted by atomic mass is 19.4. The molecule has 1 fully saturated rings. The van der Waals surface area contributed by atoms with Gasteiger partial charge in [-0.2, -0.15) is 13.2 Å². The molecule has 1 saturated heterocycles. The number of nitrogens with one attached hydrogen (secondary N) is 1. The van der Waals surface area contributed by atoms with Crippen LogP contribution in [0.1, 0.15) is 47.8 Å². The smallest absolute Gasteiger partial charge is 0.350 e. The first kappa shape index (κ1) is 25.1. The summed E-state index contributed by atoms with van der Waals surface area (Å²) in [4.78, 5) is 18.8. The van der Waals surface area contributed by atoms with Gasteiger partial charge >= 0.3 is 6.18 Å². The van der Waals surface area contributed by atoms with Gasteiger partial charge in [-0.15, -0.1) is 10.2 Å². The van der Waals surface area contributed by atoms with E-state index in [0.717, 1.165) is 5.39 Å². The van der Waals surface area contributed by atoms with E-state index >= 15 is 0 Å². The maximum absolute atomic E-state index is 14.2. The van der Waals surface area contributed by atoms with Gasteiger partial charge in [-0.25, -0.2) is 4.98 Å². The fourth-order valence-corrected chi connectivity index (χ4v) is 4.94. The lowest BCUT2D eigenvalue weighted by molar-refractivity contribution is -0.183. The number of nitrogens with zero attached hydrogens (tertiary/aromatic N) is 5. The molecule has 0 spiro atoms. The summed E-state index contributed by atoms with van der Waals surface area (Å²) < 4.78 is 44.0. The number of rotatable bonds is 5. The molecule has 2 atom stereocenters. The van der Waals surface area contributed by atoms with Gasteiger partial charge in [0.05, 0.1) is 5.52 Å². The lowest BCUT2D eigenvalue weighted by Crippen LogP contribution is -2.38. The van der Waals surface area contributed by atoms with Gasteiger partial charge < -0.3 is 11.1 Å². The van der Waals surface area contributed by atoms with E-state index in [1.54, 1.807) is 12.1 Å². The molecule has 1 amide bonds. The van der Waals surface area contributed by atoms with Gasteiger partial charge in [0.25, 0.3) is 5.91 Å². The molecule has 5 rings (SSSR count). The first-order valence-corrected chi connectivity index (χ1v) is 12.2. The van der Waals surface area contributed by atoms with Crippen LogP contribution in [-0.2, 0) is 0 Å². The minimum atomic E-state index is -4.48. The number of halogens is 3. The van der Waals surface area contributed by atoms with Gasteiger partial charge in [-0.1, -0.05) is 18.2 Å². The van der Waals surface area contributed by atoms with E-state index in [1.165, 1.54) is 27.6 Å². The minimum Gasteiger partial charge on any atom is -0.350 e. The van der Waals surface area contributed by atoms with Crippen LogP contribution in [0.5, 0.6) is 0 Å². The number of carbonyl (C=O) groups excluding carboxylic acids is 1. The second-order valence-electron chi connectivity index (χ2n) is 9.84. The molecule has 0 bridgehead atoms. The van der Waals surface area contributed by atoms with Crippen molar-refractivity contribution < 1.29 is 18.0 Å². The zero-order chi connectivity index (χ0) is 26.5. The van der Waals surface area contributed by atoms with Crippen molar-refractivity contribution in [3.05, 3.63) is 59.3 Å². The second-order valence-corrected chi connectivity index (χ2v) is 9.84. The van der Waals surface area contributed by atoms with E-state index in [4.69, 9.17) is 10.7 Å². The number of aromatic nitrogens is 4. The van der Waals surface area contributed by atoms with Crippen molar-refractivity contribution in [2.75, 3.05) is 13.1 Å². The molecule has 1 unspecified atom stereocenters. The van der Waals surface area contributed by atoms with Crippen LogP contribution in [0.4, 0.5) is 13.2 Å². The average Bonchev–Trinajstić information content (AvgIpc) is 3.44. The third-order valence-electron chi connectivity index (χ3n) is 6.68. The zero-order valence-corrected chi connectivity index (χ0v) is 20.8. The van der Waals surface area contributed by atoms with E-state index in [9.17, 15) is 18.0 Å². The van der Waals surface area contributed by atoms with Crippen molar-refractivity contribution in [2.24, 2.45) is 5.73 Å². The monoisotopic (exact) mass is 511 g/mol. The maximum atomic E-state index is 14.2. The van der Waals surface area contributed by atoms with Crippen molar-refractivity contribution >= 4 is 22.5 Å². The van der Waals surface area contributed by atoms with Gasteiger partial charge in [-0.3, -0.25) is 14.1 Å². The highest BCUT2D eigenvalue weighted by molar-refractivity contribution is 6.00. The molecule has 1 aliphatic rings. The van der Waals surface area contributed by atoms with Gasteiger partial charge in [0.15, 0.2) is 11.5 Å². The number of amides is 1. The molecule has 0 aliphatic carbocycles. The number of aryl methyl sites for hydroxylation is 1. The normalized spacial score (nSPS) is 17.7. The Morgan fingerprint density at radius 2 is 1.89 bits per heavy atom. The van der Waals surface area contributed by atoms with Crippen LogP contribution in [0, 0.1) is 6.92 Å². The summed E-state index contributed by atoms with van der Waals surface area (Å²) in [6.07, 6.45) is -2.53. The Labute approximate surface area is 211 Å². The largest absolute Gasteiger partial charge is 0.408 e. The van der Waals surface area contributed by atoms with Crippen molar-refractivity contribution in [1.29, 1.82) is 0 Å². The molecular formula is C26H28F3N7O. The summed E-state index contributed by atoms with van der Waals surface area (Å²) in [6, 6.07) is 8.07. The summed E-state index contributed by atoms with van der Waals surface area (Å²) in [7, 11) is 0. The number of likely N-dealkylation sites (tertiary alicyclic amines) is 1. The Bertz CT molecular complexity index is 1480. The summed E-state index contributed by atoms with van der Waals surface area (Å²) in [5.41, 5.74) is 8.65. The van der Waals surface area contributed by atoms with E-state index in [-0.39, 0.29) is 36.6 Å². The van der Waals surface area contributed by atoms with Crippen LogP contribution in [0.2, 0.25) is 0 Å². The maximum Gasteiger partial charge on any atom is 0.408 e. The van der Waals surface area contributed by atoms with Crippen molar-refractivity contribution in [3.8, 4) is 11.5 Å². The molecule has 11 heteroatoms. The number of fused-ring (bicyclic) bond motifs is 2. The first-order valence-electron chi connectivity index (χ1n) is 12.2. The summed E-state index contributed by atoms with van der Waals surface area (Å²) >= 11 is 0. The van der Waals surface area contributed by atoms with Crippen LogP contribution >= 0.6 is 0 Å². The molecule has 3 N–H and O–H groups in total. The molecule has 0 radical (unpaired) electrons. The van der Waals surface area contributed by atoms with Crippen molar-refractivity contribution in [1.82, 2.24) is 29.8 Å². The SMILES string of the molecule is Cc1c(C(=O)NC(C)C)ccc2ccc(-c3nnc4ccc([C@@H](N5CCC(N)C5)C(F)(F)F)cn34)nc12. The molecule has 1 aromatic carbocycles. The van der Waals surface area contributed by atoms with Crippen molar-refractivity contribution in [2.45, 2.75) is 51.5 Å². The molecule has 3 aromatic heterocycles. The topological polar surface area (TPSA) is 101 Å². The standard InChI is InChI=1S/C26H28F3N7O/c1-14(2)31-25(37)19-7-4-16-5-8-20(32-22(16)15(19)3)24-34-33-21-9-6-17(12-36(21)24)23(26(27,28)29)35-11-10-18(30)13-35/h4-9,12,14,18,23H,10-11,13,30H2,1-3H3,(H,31,37)/t18?,23-/m1/s1. The third kappa shape index (κ3) is 4.76. The number of pyridine rings is 2. The lowest BCUT2D eigenvalue weighted by atomic mass is 10.0. The molecule has 4 aromatic rings. The molecule has 0 saturated carbocycles. The van der Waals surface area contributed by atoms with Gasteiger partial charge in [0.1, 0.15) is 11.7 Å². The predicted octanol–water partition coefficient (Wildman–Crippen LogP) is 4.03. The highest BCUT2D eigenvalue weighted by Crippen LogP contribution is 2.39. The Morgan fingerprint density at radius 1 is 1.14 bits per heavy atom. The Balaban J connectivity index is 1.59.